The van der Waals surface area contributed by atoms with Crippen LogP contribution >= 0.6 is 0 Å². The Morgan fingerprint density at radius 1 is 1.25 bits per heavy atom. The molecule has 2 aliphatic heterocycles. The lowest BCUT2D eigenvalue weighted by Gasteiger charge is -2.33. The van der Waals surface area contributed by atoms with Crippen LogP contribution in [0.15, 0.2) is 53.9 Å². The van der Waals surface area contributed by atoms with Gasteiger partial charge in [0, 0.05) is 45.0 Å². The van der Waals surface area contributed by atoms with Crippen LogP contribution in [0.3, 0.4) is 0 Å². The highest BCUT2D eigenvalue weighted by Gasteiger charge is 2.34. The van der Waals surface area contributed by atoms with Gasteiger partial charge in [0.25, 0.3) is 5.91 Å². The third kappa shape index (κ3) is 4.47. The highest BCUT2D eigenvalue weighted by Crippen LogP contribution is 2.22. The molecule has 2 aromatic rings. The summed E-state index contributed by atoms with van der Waals surface area (Å²) in [6, 6.07) is 10.1. The summed E-state index contributed by atoms with van der Waals surface area (Å²) in [5, 5.41) is 4.04. The maximum absolute atomic E-state index is 13.3. The standard InChI is InChI=1S/C21H22FN3O3/c22-16-4-1-3-15(11-16)12-17-13-20(28-24-17)21(26)25-9-6-18(7-10-25)27-19-5-2-8-23-14-19/h1-5,8,11,14,18,20H,6-7,9-10,12-13H2/t20-/m1/s1. The third-order valence-electron chi connectivity index (χ3n) is 4.99. The number of likely N-dealkylation sites (tertiary alicyclic amines) is 1. The first kappa shape index (κ1) is 18.4. The molecule has 0 unspecified atom stereocenters. The molecule has 0 aliphatic carbocycles. The minimum absolute atomic E-state index is 0.0437. The van der Waals surface area contributed by atoms with Gasteiger partial charge in [-0.1, -0.05) is 17.3 Å². The lowest BCUT2D eigenvalue weighted by molar-refractivity contribution is -0.143. The summed E-state index contributed by atoms with van der Waals surface area (Å²) in [4.78, 5) is 24.0. The van der Waals surface area contributed by atoms with E-state index in [0.717, 1.165) is 29.9 Å². The van der Waals surface area contributed by atoms with E-state index in [1.54, 1.807) is 18.5 Å². The van der Waals surface area contributed by atoms with Crippen LogP contribution in [-0.2, 0) is 16.1 Å². The maximum atomic E-state index is 13.3. The zero-order valence-corrected chi connectivity index (χ0v) is 15.5. The molecule has 1 aromatic carbocycles. The number of piperidine rings is 1. The average molecular weight is 383 g/mol. The molecule has 1 fully saturated rings. The van der Waals surface area contributed by atoms with Crippen molar-refractivity contribution in [2.24, 2.45) is 5.16 Å². The summed E-state index contributed by atoms with van der Waals surface area (Å²) in [5.41, 5.74) is 1.59. The molecule has 0 bridgehead atoms. The predicted molar refractivity (Wildman–Crippen MR) is 101 cm³/mol. The molecule has 0 spiro atoms. The minimum Gasteiger partial charge on any atom is -0.489 e. The monoisotopic (exact) mass is 383 g/mol. The summed E-state index contributed by atoms with van der Waals surface area (Å²) in [5.74, 6) is 0.431. The van der Waals surface area contributed by atoms with Crippen LogP contribution in [0, 0.1) is 5.82 Å². The van der Waals surface area contributed by atoms with E-state index in [1.165, 1.54) is 12.1 Å². The zero-order valence-electron chi connectivity index (χ0n) is 15.5. The van der Waals surface area contributed by atoms with E-state index in [-0.39, 0.29) is 17.8 Å². The molecule has 0 N–H and O–H groups in total. The molecule has 0 radical (unpaired) electrons. The molecule has 3 heterocycles. The molecule has 1 atom stereocenters. The van der Waals surface area contributed by atoms with Gasteiger partial charge in [-0.25, -0.2) is 4.39 Å². The van der Waals surface area contributed by atoms with Crippen molar-refractivity contribution >= 4 is 11.6 Å². The van der Waals surface area contributed by atoms with Crippen molar-refractivity contribution in [2.75, 3.05) is 13.1 Å². The van der Waals surface area contributed by atoms with Crippen LogP contribution in [0.2, 0.25) is 0 Å². The molecule has 2 aliphatic rings. The van der Waals surface area contributed by atoms with Crippen molar-refractivity contribution < 1.29 is 18.8 Å². The van der Waals surface area contributed by atoms with Crippen molar-refractivity contribution in [2.45, 2.75) is 37.9 Å². The number of carbonyl (C=O) groups excluding carboxylic acids is 1. The molecule has 0 saturated carbocycles. The Labute approximate surface area is 163 Å². The van der Waals surface area contributed by atoms with Crippen LogP contribution in [0.1, 0.15) is 24.8 Å². The lowest BCUT2D eigenvalue weighted by Crippen LogP contribution is -2.46. The number of oxime groups is 1. The van der Waals surface area contributed by atoms with Crippen molar-refractivity contribution in [3.8, 4) is 5.75 Å². The second kappa shape index (κ2) is 8.37. The Balaban J connectivity index is 1.25. The van der Waals surface area contributed by atoms with Crippen molar-refractivity contribution in [3.63, 3.8) is 0 Å². The highest BCUT2D eigenvalue weighted by atomic mass is 19.1. The summed E-state index contributed by atoms with van der Waals surface area (Å²) < 4.78 is 19.2. The number of pyridine rings is 1. The van der Waals surface area contributed by atoms with Gasteiger partial charge in [0.05, 0.1) is 11.9 Å². The fourth-order valence-electron chi connectivity index (χ4n) is 3.55. The molecular formula is C21H22FN3O3. The number of amides is 1. The van der Waals surface area contributed by atoms with Gasteiger partial charge in [0.1, 0.15) is 17.7 Å². The van der Waals surface area contributed by atoms with E-state index in [9.17, 15) is 9.18 Å². The van der Waals surface area contributed by atoms with Gasteiger partial charge in [-0.15, -0.1) is 0 Å². The molecule has 1 saturated heterocycles. The van der Waals surface area contributed by atoms with E-state index < -0.39 is 6.10 Å². The van der Waals surface area contributed by atoms with Gasteiger partial charge in [-0.3, -0.25) is 9.78 Å². The second-order valence-electron chi connectivity index (χ2n) is 7.09. The van der Waals surface area contributed by atoms with Gasteiger partial charge in [-0.2, -0.15) is 0 Å². The summed E-state index contributed by atoms with van der Waals surface area (Å²) >= 11 is 0. The number of carbonyl (C=O) groups is 1. The first-order valence-electron chi connectivity index (χ1n) is 9.49. The van der Waals surface area contributed by atoms with Crippen LogP contribution in [0.25, 0.3) is 0 Å². The summed E-state index contributed by atoms with van der Waals surface area (Å²) in [7, 11) is 0. The number of aromatic nitrogens is 1. The van der Waals surface area contributed by atoms with Gasteiger partial charge < -0.3 is 14.5 Å². The average Bonchev–Trinajstić information content (AvgIpc) is 3.17. The Morgan fingerprint density at radius 2 is 2.11 bits per heavy atom. The Kier molecular flexibility index (Phi) is 5.50. The van der Waals surface area contributed by atoms with Gasteiger partial charge >= 0.3 is 0 Å². The molecular weight excluding hydrogens is 361 g/mol. The van der Waals surface area contributed by atoms with Gasteiger partial charge in [0.2, 0.25) is 6.10 Å². The second-order valence-corrected chi connectivity index (χ2v) is 7.09. The number of rotatable bonds is 5. The minimum atomic E-state index is -0.584. The molecule has 7 heteroatoms. The molecule has 28 heavy (non-hydrogen) atoms. The number of benzene rings is 1. The van der Waals surface area contributed by atoms with E-state index in [0.29, 0.717) is 25.9 Å². The molecule has 4 rings (SSSR count). The first-order chi connectivity index (χ1) is 13.7. The maximum Gasteiger partial charge on any atom is 0.266 e. The Bertz CT molecular complexity index is 851. The van der Waals surface area contributed by atoms with E-state index in [1.807, 2.05) is 23.1 Å². The first-order valence-corrected chi connectivity index (χ1v) is 9.49. The van der Waals surface area contributed by atoms with Crippen molar-refractivity contribution in [3.05, 3.63) is 60.2 Å². The number of ether oxygens (including phenoxy) is 1. The Hall–Kier alpha value is -2.96. The SMILES string of the molecule is O=C([C@H]1CC(Cc2cccc(F)c2)=NO1)N1CCC(Oc2cccnc2)CC1. The topological polar surface area (TPSA) is 64.0 Å². The summed E-state index contributed by atoms with van der Waals surface area (Å²) in [6.45, 7) is 1.26. The van der Waals surface area contributed by atoms with Crippen LogP contribution in [-0.4, -0.2) is 46.8 Å². The number of hydrogen-bond acceptors (Lipinski definition) is 5. The van der Waals surface area contributed by atoms with Crippen LogP contribution in [0.4, 0.5) is 4.39 Å². The van der Waals surface area contributed by atoms with E-state index in [2.05, 4.69) is 10.1 Å². The van der Waals surface area contributed by atoms with Gasteiger partial charge in [-0.05, 0) is 29.8 Å². The highest BCUT2D eigenvalue weighted by molar-refractivity contribution is 5.94. The van der Waals surface area contributed by atoms with Crippen molar-refractivity contribution in [1.82, 2.24) is 9.88 Å². The molecule has 1 amide bonds. The molecule has 6 nitrogen and oxygen atoms in total. The lowest BCUT2D eigenvalue weighted by atomic mass is 10.0. The number of nitrogens with zero attached hydrogens (tertiary/aromatic N) is 3. The molecule has 1 aromatic heterocycles. The fraction of sp³-hybridized carbons (Fsp3) is 0.381. The van der Waals surface area contributed by atoms with Crippen LogP contribution < -0.4 is 4.74 Å². The van der Waals surface area contributed by atoms with Crippen molar-refractivity contribution in [1.29, 1.82) is 0 Å². The van der Waals surface area contributed by atoms with Crippen LogP contribution in [0.5, 0.6) is 5.75 Å². The smallest absolute Gasteiger partial charge is 0.266 e. The predicted octanol–water partition coefficient (Wildman–Crippen LogP) is 2.98. The fourth-order valence-corrected chi connectivity index (χ4v) is 3.55. The summed E-state index contributed by atoms with van der Waals surface area (Å²) in [6.07, 6.45) is 5.37. The van der Waals surface area contributed by atoms with E-state index >= 15 is 0 Å². The third-order valence-corrected chi connectivity index (χ3v) is 4.99. The van der Waals surface area contributed by atoms with E-state index in [4.69, 9.17) is 9.57 Å². The number of hydrogen-bond donors (Lipinski definition) is 0. The zero-order chi connectivity index (χ0) is 19.3. The van der Waals surface area contributed by atoms with Gasteiger partial charge in [0.15, 0.2) is 0 Å². The quantitative estimate of drug-likeness (QED) is 0.796. The Morgan fingerprint density at radius 3 is 2.86 bits per heavy atom. The number of halogens is 1. The molecule has 146 valence electrons. The largest absolute Gasteiger partial charge is 0.489 e. The normalized spacial score (nSPS) is 19.8.